The lowest BCUT2D eigenvalue weighted by Crippen LogP contribution is -2.23. The van der Waals surface area contributed by atoms with Crippen molar-refractivity contribution < 1.29 is 9.21 Å². The molecule has 1 N–H and O–H groups in total. The lowest BCUT2D eigenvalue weighted by Gasteiger charge is -2.18. The Kier molecular flexibility index (Phi) is 5.89. The van der Waals surface area contributed by atoms with Crippen molar-refractivity contribution in [3.8, 4) is 22.0 Å². The fraction of sp³-hybridized carbons (Fsp3) is 0.280. The Hall–Kier alpha value is -2.83. The van der Waals surface area contributed by atoms with Gasteiger partial charge in [-0.3, -0.25) is 4.79 Å². The standard InChI is InChI=1S/C25H24ClN3O2S/c1-16-20(24(30)27-14-18-9-6-12-31-18)13-23(29(16)17-7-2-3-8-17)22-15-32-25(28-22)19-10-4-5-11-21(19)26/h4-6,9-13,15,17H,2-3,7-8,14H2,1H3,(H,27,30). The van der Waals surface area contributed by atoms with E-state index in [9.17, 15) is 4.79 Å². The van der Waals surface area contributed by atoms with Crippen LogP contribution >= 0.6 is 22.9 Å². The Bertz CT molecular complexity index is 1240. The van der Waals surface area contributed by atoms with E-state index < -0.39 is 0 Å². The van der Waals surface area contributed by atoms with Crippen LogP contribution in [0.25, 0.3) is 22.0 Å². The maximum absolute atomic E-state index is 13.0. The zero-order chi connectivity index (χ0) is 22.1. The van der Waals surface area contributed by atoms with Gasteiger partial charge in [-0.1, -0.05) is 42.6 Å². The van der Waals surface area contributed by atoms with E-state index in [2.05, 4.69) is 15.3 Å². The van der Waals surface area contributed by atoms with Crippen LogP contribution in [0.15, 0.2) is 58.5 Å². The second-order valence-electron chi connectivity index (χ2n) is 8.12. The van der Waals surface area contributed by atoms with Crippen LogP contribution in [0.3, 0.4) is 0 Å². The number of furan rings is 1. The summed E-state index contributed by atoms with van der Waals surface area (Å²) in [4.78, 5) is 18.0. The summed E-state index contributed by atoms with van der Waals surface area (Å²) >= 11 is 7.97. The molecule has 1 saturated carbocycles. The van der Waals surface area contributed by atoms with Crippen LogP contribution in [0.2, 0.25) is 5.02 Å². The first-order valence-electron chi connectivity index (χ1n) is 10.8. The molecule has 1 aliphatic rings. The van der Waals surface area contributed by atoms with Gasteiger partial charge in [-0.15, -0.1) is 11.3 Å². The summed E-state index contributed by atoms with van der Waals surface area (Å²) < 4.78 is 7.66. The smallest absolute Gasteiger partial charge is 0.253 e. The molecule has 0 atom stereocenters. The second-order valence-corrected chi connectivity index (χ2v) is 9.38. The molecule has 1 amide bonds. The summed E-state index contributed by atoms with van der Waals surface area (Å²) in [5.74, 6) is 0.633. The van der Waals surface area contributed by atoms with Crippen molar-refractivity contribution in [3.63, 3.8) is 0 Å². The minimum Gasteiger partial charge on any atom is -0.467 e. The SMILES string of the molecule is Cc1c(C(=O)NCc2ccco2)cc(-c2csc(-c3ccccc3Cl)n2)n1C1CCCC1. The fourth-order valence-corrected chi connectivity index (χ4v) is 5.64. The van der Waals surface area contributed by atoms with Crippen LogP contribution in [-0.2, 0) is 6.54 Å². The third-order valence-electron chi connectivity index (χ3n) is 6.10. The van der Waals surface area contributed by atoms with Gasteiger partial charge in [-0.05, 0) is 44.0 Å². The first-order chi connectivity index (χ1) is 15.6. The van der Waals surface area contributed by atoms with Gasteiger partial charge in [0.25, 0.3) is 5.91 Å². The number of benzene rings is 1. The molecule has 164 valence electrons. The Morgan fingerprint density at radius 2 is 2.06 bits per heavy atom. The monoisotopic (exact) mass is 465 g/mol. The van der Waals surface area contributed by atoms with Crippen molar-refractivity contribution in [2.75, 3.05) is 0 Å². The van der Waals surface area contributed by atoms with Gasteiger partial charge in [-0.25, -0.2) is 4.98 Å². The van der Waals surface area contributed by atoms with Gasteiger partial charge in [0.15, 0.2) is 0 Å². The molecule has 5 nitrogen and oxygen atoms in total. The van der Waals surface area contributed by atoms with Crippen molar-refractivity contribution in [2.24, 2.45) is 0 Å². The summed E-state index contributed by atoms with van der Waals surface area (Å²) in [5.41, 5.74) is 4.47. The molecule has 32 heavy (non-hydrogen) atoms. The van der Waals surface area contributed by atoms with Crippen LogP contribution < -0.4 is 5.32 Å². The van der Waals surface area contributed by atoms with E-state index in [-0.39, 0.29) is 5.91 Å². The third-order valence-corrected chi connectivity index (χ3v) is 7.31. The summed E-state index contributed by atoms with van der Waals surface area (Å²) in [6.45, 7) is 2.40. The van der Waals surface area contributed by atoms with E-state index in [1.165, 1.54) is 12.8 Å². The number of carbonyl (C=O) groups excluding carboxylic acids is 1. The Morgan fingerprint density at radius 3 is 2.81 bits per heavy atom. The van der Waals surface area contributed by atoms with Crippen molar-refractivity contribution in [1.29, 1.82) is 0 Å². The molecule has 1 aliphatic carbocycles. The van der Waals surface area contributed by atoms with E-state index in [1.54, 1.807) is 17.6 Å². The molecule has 4 aromatic rings. The largest absolute Gasteiger partial charge is 0.467 e. The van der Waals surface area contributed by atoms with E-state index in [0.29, 0.717) is 23.2 Å². The highest BCUT2D eigenvalue weighted by molar-refractivity contribution is 7.13. The van der Waals surface area contributed by atoms with Crippen LogP contribution in [-0.4, -0.2) is 15.5 Å². The number of nitrogens with one attached hydrogen (secondary N) is 1. The second kappa shape index (κ2) is 8.96. The number of halogens is 1. The quantitative estimate of drug-likeness (QED) is 0.337. The number of aromatic nitrogens is 2. The molecule has 0 radical (unpaired) electrons. The van der Waals surface area contributed by atoms with Gasteiger partial charge >= 0.3 is 0 Å². The molecule has 0 saturated heterocycles. The van der Waals surface area contributed by atoms with E-state index in [4.69, 9.17) is 21.0 Å². The van der Waals surface area contributed by atoms with E-state index in [1.807, 2.05) is 49.4 Å². The Labute approximate surface area is 196 Å². The molecule has 3 aromatic heterocycles. The van der Waals surface area contributed by atoms with E-state index >= 15 is 0 Å². The normalized spacial score (nSPS) is 14.2. The molecule has 1 aromatic carbocycles. The summed E-state index contributed by atoms with van der Waals surface area (Å²) in [6.07, 6.45) is 6.28. The first-order valence-corrected chi connectivity index (χ1v) is 12.1. The first kappa shape index (κ1) is 21.0. The summed E-state index contributed by atoms with van der Waals surface area (Å²) in [6, 6.07) is 13.8. The number of hydrogen-bond donors (Lipinski definition) is 1. The topological polar surface area (TPSA) is 60.1 Å². The highest BCUT2D eigenvalue weighted by Gasteiger charge is 2.27. The highest BCUT2D eigenvalue weighted by Crippen LogP contribution is 2.39. The van der Waals surface area contributed by atoms with Crippen LogP contribution in [0.1, 0.15) is 53.5 Å². The Balaban J connectivity index is 1.51. The minimum atomic E-state index is -0.0987. The number of hydrogen-bond acceptors (Lipinski definition) is 4. The molecule has 0 bridgehead atoms. The lowest BCUT2D eigenvalue weighted by atomic mass is 10.2. The summed E-state index contributed by atoms with van der Waals surface area (Å²) in [5, 5.41) is 6.61. The molecule has 7 heteroatoms. The number of rotatable bonds is 6. The van der Waals surface area contributed by atoms with Crippen LogP contribution in [0.4, 0.5) is 0 Å². The number of nitrogens with zero attached hydrogens (tertiary/aromatic N) is 2. The predicted octanol–water partition coefficient (Wildman–Crippen LogP) is 6.88. The molecule has 5 rings (SSSR count). The van der Waals surface area contributed by atoms with Gasteiger partial charge in [0.2, 0.25) is 0 Å². The van der Waals surface area contributed by atoms with Crippen molar-refractivity contribution in [2.45, 2.75) is 45.2 Å². The maximum atomic E-state index is 13.0. The zero-order valence-electron chi connectivity index (χ0n) is 17.8. The molecule has 3 heterocycles. The van der Waals surface area contributed by atoms with Gasteiger partial charge in [0, 0.05) is 22.7 Å². The lowest BCUT2D eigenvalue weighted by molar-refractivity contribution is 0.0947. The van der Waals surface area contributed by atoms with Crippen molar-refractivity contribution in [1.82, 2.24) is 14.9 Å². The molecule has 0 aliphatic heterocycles. The summed E-state index contributed by atoms with van der Waals surface area (Å²) in [7, 11) is 0. The number of carbonyl (C=O) groups is 1. The minimum absolute atomic E-state index is 0.0987. The molecular weight excluding hydrogens is 442 g/mol. The molecule has 1 fully saturated rings. The fourth-order valence-electron chi connectivity index (χ4n) is 4.51. The van der Waals surface area contributed by atoms with E-state index in [0.717, 1.165) is 46.3 Å². The van der Waals surface area contributed by atoms with Gasteiger partial charge < -0.3 is 14.3 Å². The van der Waals surface area contributed by atoms with Crippen LogP contribution in [0.5, 0.6) is 0 Å². The van der Waals surface area contributed by atoms with Gasteiger partial charge in [-0.2, -0.15) is 0 Å². The maximum Gasteiger partial charge on any atom is 0.253 e. The van der Waals surface area contributed by atoms with Gasteiger partial charge in [0.1, 0.15) is 10.8 Å². The molecule has 0 unspecified atom stereocenters. The predicted molar refractivity (Wildman–Crippen MR) is 128 cm³/mol. The zero-order valence-corrected chi connectivity index (χ0v) is 19.4. The average Bonchev–Trinajstić information content (AvgIpc) is 3.59. The average molecular weight is 466 g/mol. The van der Waals surface area contributed by atoms with Crippen molar-refractivity contribution in [3.05, 3.63) is 76.1 Å². The third kappa shape index (κ3) is 4.00. The van der Waals surface area contributed by atoms with Crippen LogP contribution in [0, 0.1) is 6.92 Å². The number of amides is 1. The molecule has 0 spiro atoms. The van der Waals surface area contributed by atoms with Gasteiger partial charge in [0.05, 0.1) is 34.8 Å². The number of thiazole rings is 1. The Morgan fingerprint density at radius 1 is 1.25 bits per heavy atom. The molecular formula is C25H24ClN3O2S. The van der Waals surface area contributed by atoms with Crippen molar-refractivity contribution >= 4 is 28.8 Å². The highest BCUT2D eigenvalue weighted by atomic mass is 35.5.